The zero-order valence-corrected chi connectivity index (χ0v) is 11.4. The van der Waals surface area contributed by atoms with E-state index in [0.717, 1.165) is 19.4 Å². The van der Waals surface area contributed by atoms with E-state index in [9.17, 15) is 4.79 Å². The Bertz CT molecular complexity index is 216. The maximum absolute atomic E-state index is 11.9. The van der Waals surface area contributed by atoms with Gasteiger partial charge in [-0.25, -0.2) is 0 Å². The summed E-state index contributed by atoms with van der Waals surface area (Å²) in [7, 11) is 3.84. The first-order valence-corrected chi connectivity index (χ1v) is 6.00. The predicted molar refractivity (Wildman–Crippen MR) is 68.3 cm³/mol. The summed E-state index contributed by atoms with van der Waals surface area (Å²) in [4.78, 5) is 15.7. The average molecular weight is 229 g/mol. The van der Waals surface area contributed by atoms with E-state index >= 15 is 0 Å². The third-order valence-corrected chi connectivity index (χ3v) is 3.39. The van der Waals surface area contributed by atoms with Crippen molar-refractivity contribution in [3.63, 3.8) is 0 Å². The number of likely N-dealkylation sites (N-methyl/N-ethyl adjacent to an activating group) is 2. The van der Waals surface area contributed by atoms with Gasteiger partial charge >= 0.3 is 0 Å². The fourth-order valence-electron chi connectivity index (χ4n) is 1.26. The number of amides is 1. The van der Waals surface area contributed by atoms with Gasteiger partial charge in [0, 0.05) is 19.1 Å². The van der Waals surface area contributed by atoms with Gasteiger partial charge in [-0.3, -0.25) is 9.69 Å². The largest absolute Gasteiger partial charge is 0.345 e. The van der Waals surface area contributed by atoms with Crippen molar-refractivity contribution in [1.82, 2.24) is 9.80 Å². The Morgan fingerprint density at radius 3 is 2.31 bits per heavy atom. The number of hydrogen-bond acceptors (Lipinski definition) is 3. The maximum atomic E-state index is 11.9. The van der Waals surface area contributed by atoms with Crippen LogP contribution in [0.3, 0.4) is 0 Å². The number of nitrogens with two attached hydrogens (primary N) is 1. The third kappa shape index (κ3) is 4.94. The summed E-state index contributed by atoms with van der Waals surface area (Å²) in [6.45, 7) is 8.30. The van der Waals surface area contributed by atoms with Gasteiger partial charge in [-0.2, -0.15) is 0 Å². The van der Waals surface area contributed by atoms with Crippen molar-refractivity contribution < 1.29 is 4.79 Å². The lowest BCUT2D eigenvalue weighted by molar-refractivity contribution is -0.132. The van der Waals surface area contributed by atoms with Gasteiger partial charge in [-0.05, 0) is 40.3 Å². The second kappa shape index (κ2) is 6.86. The fourth-order valence-corrected chi connectivity index (χ4v) is 1.26. The zero-order chi connectivity index (χ0) is 12.8. The highest BCUT2D eigenvalue weighted by Crippen LogP contribution is 2.15. The molecule has 4 nitrogen and oxygen atoms in total. The molecule has 0 aliphatic rings. The molecule has 0 heterocycles. The zero-order valence-electron chi connectivity index (χ0n) is 11.4. The molecule has 96 valence electrons. The van der Waals surface area contributed by atoms with Gasteiger partial charge in [0.15, 0.2) is 0 Å². The SMILES string of the molecule is CCC(C)(C)N(C)CC(=O)N(C)CCCN. The lowest BCUT2D eigenvalue weighted by Gasteiger charge is -2.35. The molecule has 0 fully saturated rings. The standard InChI is InChI=1S/C12H27N3O/c1-6-12(2,3)15(5)10-11(16)14(4)9-7-8-13/h6-10,13H2,1-5H3. The molecule has 1 amide bonds. The summed E-state index contributed by atoms with van der Waals surface area (Å²) in [6.07, 6.45) is 1.90. The Morgan fingerprint density at radius 1 is 1.31 bits per heavy atom. The molecule has 4 heteroatoms. The predicted octanol–water partition coefficient (Wildman–Crippen LogP) is 0.914. The molecule has 0 radical (unpaired) electrons. The van der Waals surface area contributed by atoms with E-state index in [1.165, 1.54) is 0 Å². The van der Waals surface area contributed by atoms with Crippen molar-refractivity contribution in [2.24, 2.45) is 5.73 Å². The summed E-state index contributed by atoms with van der Waals surface area (Å²) in [6, 6.07) is 0. The van der Waals surface area contributed by atoms with E-state index in [4.69, 9.17) is 5.73 Å². The number of carbonyl (C=O) groups excluding carboxylic acids is 1. The Morgan fingerprint density at radius 2 is 1.88 bits per heavy atom. The van der Waals surface area contributed by atoms with E-state index in [0.29, 0.717) is 13.1 Å². The van der Waals surface area contributed by atoms with Gasteiger partial charge in [0.25, 0.3) is 0 Å². The molecule has 0 rings (SSSR count). The van der Waals surface area contributed by atoms with Crippen molar-refractivity contribution in [3.8, 4) is 0 Å². The lowest BCUT2D eigenvalue weighted by Crippen LogP contribution is -2.46. The molecule has 16 heavy (non-hydrogen) atoms. The van der Waals surface area contributed by atoms with E-state index in [1.54, 1.807) is 4.90 Å². The summed E-state index contributed by atoms with van der Waals surface area (Å²) in [5.41, 5.74) is 5.49. The molecule has 0 aliphatic carbocycles. The first-order valence-electron chi connectivity index (χ1n) is 6.00. The van der Waals surface area contributed by atoms with Crippen molar-refractivity contribution >= 4 is 5.91 Å². The summed E-state index contributed by atoms with van der Waals surface area (Å²) in [5, 5.41) is 0. The minimum atomic E-state index is 0.0738. The molecular formula is C12H27N3O. The Labute approximate surface area is 99.8 Å². The third-order valence-electron chi connectivity index (χ3n) is 3.39. The minimum absolute atomic E-state index is 0.0738. The number of hydrogen-bond donors (Lipinski definition) is 1. The van der Waals surface area contributed by atoms with Crippen LogP contribution in [0.1, 0.15) is 33.6 Å². The topological polar surface area (TPSA) is 49.6 Å². The van der Waals surface area contributed by atoms with Crippen LogP contribution in [0.15, 0.2) is 0 Å². The van der Waals surface area contributed by atoms with E-state index in [-0.39, 0.29) is 11.4 Å². The van der Waals surface area contributed by atoms with E-state index in [1.807, 2.05) is 14.1 Å². The van der Waals surface area contributed by atoms with Crippen molar-refractivity contribution in [2.45, 2.75) is 39.2 Å². The van der Waals surface area contributed by atoms with Crippen LogP contribution in [0, 0.1) is 0 Å². The van der Waals surface area contributed by atoms with Crippen molar-refractivity contribution in [2.75, 3.05) is 33.7 Å². The van der Waals surface area contributed by atoms with Gasteiger partial charge in [0.1, 0.15) is 0 Å². The summed E-state index contributed by atoms with van der Waals surface area (Å²) < 4.78 is 0. The quantitative estimate of drug-likeness (QED) is 0.706. The summed E-state index contributed by atoms with van der Waals surface area (Å²) >= 11 is 0. The summed E-state index contributed by atoms with van der Waals surface area (Å²) in [5.74, 6) is 0.164. The van der Waals surface area contributed by atoms with Crippen LogP contribution in [0.4, 0.5) is 0 Å². The normalized spacial score (nSPS) is 11.9. The molecule has 0 atom stereocenters. The van der Waals surface area contributed by atoms with Gasteiger partial charge in [-0.1, -0.05) is 6.92 Å². The number of carbonyl (C=O) groups is 1. The minimum Gasteiger partial charge on any atom is -0.345 e. The van der Waals surface area contributed by atoms with Crippen LogP contribution in [0.25, 0.3) is 0 Å². The van der Waals surface area contributed by atoms with Gasteiger partial charge < -0.3 is 10.6 Å². The highest BCUT2D eigenvalue weighted by Gasteiger charge is 2.23. The Kier molecular flexibility index (Phi) is 6.60. The van der Waals surface area contributed by atoms with Crippen LogP contribution >= 0.6 is 0 Å². The van der Waals surface area contributed by atoms with Crippen LogP contribution in [-0.2, 0) is 4.79 Å². The monoisotopic (exact) mass is 229 g/mol. The Balaban J connectivity index is 4.13. The smallest absolute Gasteiger partial charge is 0.236 e. The van der Waals surface area contributed by atoms with Gasteiger partial charge in [-0.15, -0.1) is 0 Å². The van der Waals surface area contributed by atoms with E-state index in [2.05, 4.69) is 25.7 Å². The molecule has 2 N–H and O–H groups in total. The molecule has 0 bridgehead atoms. The molecule has 0 aliphatic heterocycles. The van der Waals surface area contributed by atoms with Crippen molar-refractivity contribution in [3.05, 3.63) is 0 Å². The molecule has 0 aromatic heterocycles. The van der Waals surface area contributed by atoms with Gasteiger partial charge in [0.2, 0.25) is 5.91 Å². The van der Waals surface area contributed by atoms with Crippen LogP contribution in [0.2, 0.25) is 0 Å². The lowest BCUT2D eigenvalue weighted by atomic mass is 10.00. The second-order valence-electron chi connectivity index (χ2n) is 4.98. The van der Waals surface area contributed by atoms with Crippen molar-refractivity contribution in [1.29, 1.82) is 0 Å². The number of rotatable bonds is 7. The average Bonchev–Trinajstić information content (AvgIpc) is 2.25. The molecule has 0 aromatic rings. The second-order valence-corrected chi connectivity index (χ2v) is 4.98. The molecule has 0 unspecified atom stereocenters. The van der Waals surface area contributed by atoms with Crippen LogP contribution in [0.5, 0.6) is 0 Å². The molecule has 0 aromatic carbocycles. The fraction of sp³-hybridized carbons (Fsp3) is 0.917. The maximum Gasteiger partial charge on any atom is 0.236 e. The first kappa shape index (κ1) is 15.4. The van der Waals surface area contributed by atoms with Crippen LogP contribution in [-0.4, -0.2) is 55.0 Å². The van der Waals surface area contributed by atoms with Crippen LogP contribution < -0.4 is 5.73 Å². The van der Waals surface area contributed by atoms with E-state index < -0.39 is 0 Å². The first-order chi connectivity index (χ1) is 7.35. The molecular weight excluding hydrogens is 202 g/mol. The number of nitrogens with zero attached hydrogens (tertiary/aromatic N) is 2. The molecule has 0 spiro atoms. The van der Waals surface area contributed by atoms with Gasteiger partial charge in [0.05, 0.1) is 6.54 Å². The molecule has 0 saturated carbocycles. The highest BCUT2D eigenvalue weighted by atomic mass is 16.2. The molecule has 0 saturated heterocycles. The highest BCUT2D eigenvalue weighted by molar-refractivity contribution is 5.78. The Hall–Kier alpha value is -0.610.